The highest BCUT2D eigenvalue weighted by Gasteiger charge is 2.22. The predicted molar refractivity (Wildman–Crippen MR) is 118 cm³/mol. The summed E-state index contributed by atoms with van der Waals surface area (Å²) in [4.78, 5) is 25.1. The first kappa shape index (κ1) is 21.1. The van der Waals surface area contributed by atoms with Gasteiger partial charge in [-0.1, -0.05) is 30.9 Å². The average Bonchev–Trinajstić information content (AvgIpc) is 3.27. The first-order valence-electron chi connectivity index (χ1n) is 10.2. The number of carbonyl (C=O) groups is 2. The molecule has 0 aliphatic heterocycles. The quantitative estimate of drug-likeness (QED) is 0.555. The zero-order valence-electron chi connectivity index (χ0n) is 16.8. The fraction of sp³-hybridized carbons (Fsp3) is 0.261. The summed E-state index contributed by atoms with van der Waals surface area (Å²) in [5, 5.41) is 10.2. The van der Waals surface area contributed by atoms with E-state index in [9.17, 15) is 14.0 Å². The Balaban J connectivity index is 1.44. The maximum absolute atomic E-state index is 14.2. The van der Waals surface area contributed by atoms with Gasteiger partial charge < -0.3 is 10.6 Å². The second-order valence-electron chi connectivity index (χ2n) is 7.62. The molecule has 2 amide bonds. The molecule has 1 aromatic heterocycles. The molecule has 2 N–H and O–H groups in total. The van der Waals surface area contributed by atoms with Crippen molar-refractivity contribution in [1.82, 2.24) is 9.78 Å². The van der Waals surface area contributed by atoms with Gasteiger partial charge in [0.05, 0.1) is 23.1 Å². The highest BCUT2D eigenvalue weighted by molar-refractivity contribution is 6.30. The van der Waals surface area contributed by atoms with Gasteiger partial charge >= 0.3 is 0 Å². The molecule has 0 unspecified atom stereocenters. The highest BCUT2D eigenvalue weighted by atomic mass is 35.5. The number of aromatic nitrogens is 2. The summed E-state index contributed by atoms with van der Waals surface area (Å²) >= 11 is 5.90. The maximum atomic E-state index is 14.2. The fourth-order valence-corrected chi connectivity index (χ4v) is 3.80. The van der Waals surface area contributed by atoms with Crippen LogP contribution in [0.3, 0.4) is 0 Å². The zero-order valence-corrected chi connectivity index (χ0v) is 17.5. The van der Waals surface area contributed by atoms with Crippen LogP contribution in [-0.2, 0) is 4.79 Å². The van der Waals surface area contributed by atoms with Gasteiger partial charge in [-0.3, -0.25) is 9.59 Å². The average molecular weight is 441 g/mol. The fourth-order valence-electron chi connectivity index (χ4n) is 3.68. The van der Waals surface area contributed by atoms with Crippen molar-refractivity contribution in [3.63, 3.8) is 0 Å². The number of carbonyl (C=O) groups excluding carboxylic acids is 2. The molecule has 8 heteroatoms. The normalized spacial score (nSPS) is 14.3. The molecule has 31 heavy (non-hydrogen) atoms. The predicted octanol–water partition coefficient (Wildman–Crippen LogP) is 5.44. The third kappa shape index (κ3) is 5.11. The molecule has 1 aliphatic carbocycles. The molecule has 0 radical (unpaired) electrons. The Morgan fingerprint density at radius 2 is 1.77 bits per heavy atom. The van der Waals surface area contributed by atoms with Gasteiger partial charge in [0.15, 0.2) is 0 Å². The van der Waals surface area contributed by atoms with Crippen LogP contribution >= 0.6 is 11.6 Å². The largest absolute Gasteiger partial charge is 0.323 e. The first-order chi connectivity index (χ1) is 15.0. The van der Waals surface area contributed by atoms with E-state index in [4.69, 9.17) is 11.6 Å². The van der Waals surface area contributed by atoms with Crippen molar-refractivity contribution in [2.45, 2.75) is 32.1 Å². The molecule has 1 fully saturated rings. The van der Waals surface area contributed by atoms with Crippen LogP contribution < -0.4 is 10.6 Å². The van der Waals surface area contributed by atoms with Crippen LogP contribution in [-0.4, -0.2) is 21.6 Å². The summed E-state index contributed by atoms with van der Waals surface area (Å²) < 4.78 is 15.8. The molecular weight excluding hydrogens is 419 g/mol. The molecule has 0 saturated heterocycles. The van der Waals surface area contributed by atoms with E-state index >= 15 is 0 Å². The first-order valence-corrected chi connectivity index (χ1v) is 10.6. The highest BCUT2D eigenvalue weighted by Crippen LogP contribution is 2.27. The van der Waals surface area contributed by atoms with Crippen molar-refractivity contribution in [2.75, 3.05) is 10.6 Å². The minimum absolute atomic E-state index is 0.0604. The molecular formula is C23H22ClFN4O2. The summed E-state index contributed by atoms with van der Waals surface area (Å²) in [6.45, 7) is 0. The van der Waals surface area contributed by atoms with Crippen molar-refractivity contribution >= 4 is 34.8 Å². The number of nitrogens with one attached hydrogen (secondary N) is 2. The van der Waals surface area contributed by atoms with E-state index < -0.39 is 11.7 Å². The molecule has 0 atom stereocenters. The van der Waals surface area contributed by atoms with Gasteiger partial charge in [-0.05, 0) is 55.3 Å². The maximum Gasteiger partial charge on any atom is 0.258 e. The third-order valence-corrected chi connectivity index (χ3v) is 5.65. The number of rotatable bonds is 5. The van der Waals surface area contributed by atoms with Crippen molar-refractivity contribution < 1.29 is 14.0 Å². The van der Waals surface area contributed by atoms with Gasteiger partial charge in [0.25, 0.3) is 5.91 Å². The van der Waals surface area contributed by atoms with Crippen LogP contribution in [0.25, 0.3) is 5.69 Å². The number of hydrogen-bond donors (Lipinski definition) is 2. The van der Waals surface area contributed by atoms with Gasteiger partial charge in [-0.25, -0.2) is 9.07 Å². The second kappa shape index (κ2) is 9.31. The lowest BCUT2D eigenvalue weighted by molar-refractivity contribution is -0.120. The molecule has 3 aromatic rings. The van der Waals surface area contributed by atoms with E-state index in [1.165, 1.54) is 24.4 Å². The van der Waals surface area contributed by atoms with Gasteiger partial charge in [0.2, 0.25) is 5.91 Å². The van der Waals surface area contributed by atoms with Crippen molar-refractivity contribution in [2.24, 2.45) is 5.92 Å². The molecule has 2 aromatic carbocycles. The molecule has 1 heterocycles. The van der Waals surface area contributed by atoms with Gasteiger partial charge in [-0.2, -0.15) is 5.10 Å². The lowest BCUT2D eigenvalue weighted by atomic mass is 9.88. The Hall–Kier alpha value is -3.19. The minimum Gasteiger partial charge on any atom is -0.323 e. The van der Waals surface area contributed by atoms with E-state index in [-0.39, 0.29) is 17.5 Å². The Morgan fingerprint density at radius 1 is 1.03 bits per heavy atom. The van der Waals surface area contributed by atoms with Crippen LogP contribution in [0.1, 0.15) is 42.5 Å². The summed E-state index contributed by atoms with van der Waals surface area (Å²) in [6.07, 6.45) is 7.84. The third-order valence-electron chi connectivity index (χ3n) is 5.39. The Bertz CT molecular complexity index is 1090. The van der Waals surface area contributed by atoms with Crippen LogP contribution in [0.2, 0.25) is 5.02 Å². The Labute approximate surface area is 184 Å². The molecule has 1 saturated carbocycles. The van der Waals surface area contributed by atoms with E-state index in [1.807, 2.05) is 0 Å². The van der Waals surface area contributed by atoms with Crippen molar-refractivity contribution in [1.29, 1.82) is 0 Å². The summed E-state index contributed by atoms with van der Waals surface area (Å²) in [5.74, 6) is -1.20. The van der Waals surface area contributed by atoms with Crippen molar-refractivity contribution in [3.8, 4) is 5.69 Å². The molecule has 0 spiro atoms. The lowest BCUT2D eigenvalue weighted by Crippen LogP contribution is -2.25. The Kier molecular flexibility index (Phi) is 6.32. The zero-order chi connectivity index (χ0) is 21.8. The van der Waals surface area contributed by atoms with Crippen LogP contribution in [0.15, 0.2) is 54.9 Å². The van der Waals surface area contributed by atoms with E-state index in [1.54, 1.807) is 35.1 Å². The number of amides is 2. The summed E-state index contributed by atoms with van der Waals surface area (Å²) in [5.41, 5.74) is 1.54. The van der Waals surface area contributed by atoms with Crippen molar-refractivity contribution in [3.05, 3.63) is 71.3 Å². The van der Waals surface area contributed by atoms with Gasteiger partial charge in [-0.15, -0.1) is 0 Å². The molecule has 6 nitrogen and oxygen atoms in total. The number of anilines is 2. The summed E-state index contributed by atoms with van der Waals surface area (Å²) in [7, 11) is 0. The standard InChI is InChI=1S/C23H22ClFN4O2/c24-17-6-9-19(10-7-17)29-14-16(13-26-29)23(31)27-18-8-11-20(25)21(12-18)28-22(30)15-4-2-1-3-5-15/h6-15H,1-5H2,(H,27,31)(H,28,30). The van der Waals surface area contributed by atoms with E-state index in [2.05, 4.69) is 15.7 Å². The van der Waals surface area contributed by atoms with E-state index in [0.717, 1.165) is 37.8 Å². The Morgan fingerprint density at radius 3 is 2.52 bits per heavy atom. The van der Waals surface area contributed by atoms with Gasteiger partial charge in [0, 0.05) is 22.8 Å². The summed E-state index contributed by atoms with van der Waals surface area (Å²) in [6, 6.07) is 11.2. The topological polar surface area (TPSA) is 76.0 Å². The lowest BCUT2D eigenvalue weighted by Gasteiger charge is -2.21. The smallest absolute Gasteiger partial charge is 0.258 e. The second-order valence-corrected chi connectivity index (χ2v) is 8.06. The molecule has 0 bridgehead atoms. The van der Waals surface area contributed by atoms with Crippen LogP contribution in [0.5, 0.6) is 0 Å². The number of hydrogen-bond acceptors (Lipinski definition) is 3. The number of nitrogens with zero attached hydrogens (tertiary/aromatic N) is 2. The molecule has 1 aliphatic rings. The minimum atomic E-state index is -0.544. The number of benzene rings is 2. The molecule has 4 rings (SSSR count). The van der Waals surface area contributed by atoms with E-state index in [0.29, 0.717) is 16.3 Å². The van der Waals surface area contributed by atoms with Crippen LogP contribution in [0, 0.1) is 11.7 Å². The molecule has 160 valence electrons. The van der Waals surface area contributed by atoms with Gasteiger partial charge in [0.1, 0.15) is 5.82 Å². The monoisotopic (exact) mass is 440 g/mol. The SMILES string of the molecule is O=C(Nc1ccc(F)c(NC(=O)C2CCCCC2)c1)c1cnn(-c2ccc(Cl)cc2)c1. The number of halogens is 2. The van der Waals surface area contributed by atoms with Crippen LogP contribution in [0.4, 0.5) is 15.8 Å².